The largest absolute Gasteiger partial charge is 0.374 e. The summed E-state index contributed by atoms with van der Waals surface area (Å²) in [5.41, 5.74) is 2.36. The summed E-state index contributed by atoms with van der Waals surface area (Å²) in [7, 11) is 0. The minimum atomic E-state index is -0.139. The molecule has 1 aliphatic rings. The predicted octanol–water partition coefficient (Wildman–Crippen LogP) is 3.63. The monoisotopic (exact) mass is 387 g/mol. The molecular weight excluding hydrogens is 370 g/mol. The van der Waals surface area contributed by atoms with Gasteiger partial charge >= 0.3 is 0 Å². The first kappa shape index (κ1) is 16.5. The minimum Gasteiger partial charge on any atom is -0.374 e. The van der Waals surface area contributed by atoms with Gasteiger partial charge in [0.15, 0.2) is 0 Å². The van der Waals surface area contributed by atoms with Crippen molar-refractivity contribution in [2.45, 2.75) is 12.8 Å². The smallest absolute Gasteiger partial charge is 0.243 e. The molecule has 1 heterocycles. The zero-order chi connectivity index (χ0) is 16.9. The topological polar surface area (TPSA) is 61.4 Å². The van der Waals surface area contributed by atoms with Gasteiger partial charge in [0, 0.05) is 23.1 Å². The first-order valence-corrected chi connectivity index (χ1v) is 8.61. The molecule has 5 nitrogen and oxygen atoms in total. The van der Waals surface area contributed by atoms with E-state index in [1.165, 1.54) is 0 Å². The van der Waals surface area contributed by atoms with E-state index < -0.39 is 0 Å². The lowest BCUT2D eigenvalue weighted by molar-refractivity contribution is -0.117. The lowest BCUT2D eigenvalue weighted by Gasteiger charge is -2.20. The normalized spacial score (nSPS) is 13.9. The van der Waals surface area contributed by atoms with Crippen molar-refractivity contribution in [2.75, 3.05) is 28.6 Å². The molecule has 1 saturated heterocycles. The quantitative estimate of drug-likeness (QED) is 0.823. The number of hydrogen-bond acceptors (Lipinski definition) is 3. The van der Waals surface area contributed by atoms with Gasteiger partial charge in [0.05, 0.1) is 17.9 Å². The van der Waals surface area contributed by atoms with Gasteiger partial charge in [-0.2, -0.15) is 0 Å². The zero-order valence-electron chi connectivity index (χ0n) is 13.1. The third-order valence-corrected chi connectivity index (χ3v) is 4.36. The van der Waals surface area contributed by atoms with Gasteiger partial charge in [-0.15, -0.1) is 0 Å². The third kappa shape index (κ3) is 3.94. The van der Waals surface area contributed by atoms with Crippen LogP contribution in [0.25, 0.3) is 0 Å². The molecule has 1 fully saturated rings. The number of carbonyl (C=O) groups is 2. The van der Waals surface area contributed by atoms with Crippen LogP contribution in [0.3, 0.4) is 0 Å². The summed E-state index contributed by atoms with van der Waals surface area (Å²) in [6.07, 6.45) is 1.45. The van der Waals surface area contributed by atoms with E-state index in [9.17, 15) is 9.59 Å². The number of carbonyl (C=O) groups excluding carboxylic acids is 2. The maximum Gasteiger partial charge on any atom is 0.243 e. The molecule has 24 heavy (non-hydrogen) atoms. The van der Waals surface area contributed by atoms with Crippen LogP contribution in [0.5, 0.6) is 0 Å². The lowest BCUT2D eigenvalue weighted by Crippen LogP contribution is -2.26. The van der Waals surface area contributed by atoms with Crippen molar-refractivity contribution >= 4 is 44.8 Å². The molecule has 0 radical (unpaired) electrons. The lowest BCUT2D eigenvalue weighted by atomic mass is 10.2. The number of halogens is 1. The van der Waals surface area contributed by atoms with E-state index >= 15 is 0 Å². The number of rotatable bonds is 5. The second-order valence-corrected chi connectivity index (χ2v) is 6.49. The van der Waals surface area contributed by atoms with Crippen LogP contribution in [0, 0.1) is 0 Å². The predicted molar refractivity (Wildman–Crippen MR) is 99.3 cm³/mol. The fraction of sp³-hybridized carbons (Fsp3) is 0.222. The summed E-state index contributed by atoms with van der Waals surface area (Å²) in [6, 6.07) is 15.0. The molecule has 3 rings (SSSR count). The summed E-state index contributed by atoms with van der Waals surface area (Å²) in [5.74, 6) is -0.0107. The van der Waals surface area contributed by atoms with Crippen LogP contribution >= 0.6 is 15.9 Å². The Balaban J connectivity index is 1.63. The number of nitrogens with zero attached hydrogens (tertiary/aromatic N) is 1. The SMILES string of the molecule is O=C(CNc1ccccc1N1CCCC1=O)Nc1ccc(Br)cc1. The summed E-state index contributed by atoms with van der Waals surface area (Å²) < 4.78 is 0.961. The molecule has 6 heteroatoms. The van der Waals surface area contributed by atoms with Crippen molar-refractivity contribution in [1.82, 2.24) is 0 Å². The van der Waals surface area contributed by atoms with Gasteiger partial charge in [0.2, 0.25) is 11.8 Å². The second kappa shape index (κ2) is 7.49. The molecule has 0 atom stereocenters. The van der Waals surface area contributed by atoms with Gasteiger partial charge in [0.1, 0.15) is 0 Å². The van der Waals surface area contributed by atoms with Crippen molar-refractivity contribution < 1.29 is 9.59 Å². The molecule has 2 aromatic rings. The summed E-state index contributed by atoms with van der Waals surface area (Å²) in [6.45, 7) is 0.859. The van der Waals surface area contributed by atoms with Crippen LogP contribution in [0.1, 0.15) is 12.8 Å². The minimum absolute atomic E-state index is 0.128. The Labute approximate surface area is 149 Å². The number of hydrogen-bond donors (Lipinski definition) is 2. The first-order valence-electron chi connectivity index (χ1n) is 7.82. The van der Waals surface area contributed by atoms with Crippen LogP contribution in [0.4, 0.5) is 17.1 Å². The Hall–Kier alpha value is -2.34. The highest BCUT2D eigenvalue weighted by Gasteiger charge is 2.23. The standard InChI is InChI=1S/C18H18BrN3O2/c19-13-7-9-14(10-8-13)21-17(23)12-20-15-4-1-2-5-16(15)22-11-3-6-18(22)24/h1-2,4-5,7-10,20H,3,6,11-12H2,(H,21,23). The molecule has 1 aliphatic heterocycles. The molecule has 0 unspecified atom stereocenters. The maximum atomic E-state index is 12.1. The van der Waals surface area contributed by atoms with E-state index in [-0.39, 0.29) is 18.4 Å². The molecule has 0 aliphatic carbocycles. The average molecular weight is 388 g/mol. The van der Waals surface area contributed by atoms with Crippen LogP contribution in [-0.2, 0) is 9.59 Å². The molecule has 0 spiro atoms. The van der Waals surface area contributed by atoms with E-state index in [4.69, 9.17) is 0 Å². The second-order valence-electron chi connectivity index (χ2n) is 5.57. The Bertz CT molecular complexity index is 746. The van der Waals surface area contributed by atoms with Gasteiger partial charge in [-0.05, 0) is 42.8 Å². The van der Waals surface area contributed by atoms with Crippen LogP contribution in [0.15, 0.2) is 53.0 Å². The number of benzene rings is 2. The van der Waals surface area contributed by atoms with Crippen LogP contribution in [0.2, 0.25) is 0 Å². The molecule has 2 N–H and O–H groups in total. The van der Waals surface area contributed by atoms with Gasteiger partial charge in [0.25, 0.3) is 0 Å². The van der Waals surface area contributed by atoms with Gasteiger partial charge in [-0.1, -0.05) is 28.1 Å². The fourth-order valence-corrected chi connectivity index (χ4v) is 2.94. The molecule has 0 saturated carbocycles. The van der Waals surface area contributed by atoms with Crippen molar-refractivity contribution in [2.24, 2.45) is 0 Å². The van der Waals surface area contributed by atoms with Crippen molar-refractivity contribution in [3.05, 3.63) is 53.0 Å². The van der Waals surface area contributed by atoms with Crippen molar-refractivity contribution in [1.29, 1.82) is 0 Å². The molecule has 0 aromatic heterocycles. The summed E-state index contributed by atoms with van der Waals surface area (Å²) in [4.78, 5) is 25.8. The van der Waals surface area contributed by atoms with E-state index in [2.05, 4.69) is 26.6 Å². The van der Waals surface area contributed by atoms with E-state index in [1.54, 1.807) is 4.90 Å². The molecule has 0 bridgehead atoms. The van der Waals surface area contributed by atoms with Crippen molar-refractivity contribution in [3.8, 4) is 0 Å². The van der Waals surface area contributed by atoms with Crippen LogP contribution in [-0.4, -0.2) is 24.9 Å². The zero-order valence-corrected chi connectivity index (χ0v) is 14.7. The maximum absolute atomic E-state index is 12.1. The van der Waals surface area contributed by atoms with Gasteiger partial charge in [-0.3, -0.25) is 9.59 Å². The Morgan fingerprint density at radius 2 is 1.88 bits per heavy atom. The number of nitrogens with one attached hydrogen (secondary N) is 2. The number of anilines is 3. The highest BCUT2D eigenvalue weighted by molar-refractivity contribution is 9.10. The average Bonchev–Trinajstić information content (AvgIpc) is 3.01. The van der Waals surface area contributed by atoms with Gasteiger partial charge < -0.3 is 15.5 Å². The summed E-state index contributed by atoms with van der Waals surface area (Å²) in [5, 5.41) is 5.96. The number of amides is 2. The Kier molecular flexibility index (Phi) is 5.15. The highest BCUT2D eigenvalue weighted by Crippen LogP contribution is 2.29. The molecule has 2 amide bonds. The van der Waals surface area contributed by atoms with E-state index in [0.717, 1.165) is 34.5 Å². The third-order valence-electron chi connectivity index (χ3n) is 3.84. The Morgan fingerprint density at radius 3 is 2.58 bits per heavy atom. The van der Waals surface area contributed by atoms with Gasteiger partial charge in [-0.25, -0.2) is 0 Å². The fourth-order valence-electron chi connectivity index (χ4n) is 2.68. The summed E-state index contributed by atoms with van der Waals surface area (Å²) >= 11 is 3.36. The molecule has 2 aromatic carbocycles. The molecule has 124 valence electrons. The van der Waals surface area contributed by atoms with E-state index in [0.29, 0.717) is 6.42 Å². The van der Waals surface area contributed by atoms with Crippen LogP contribution < -0.4 is 15.5 Å². The van der Waals surface area contributed by atoms with E-state index in [1.807, 2.05) is 48.5 Å². The van der Waals surface area contributed by atoms with Crippen molar-refractivity contribution in [3.63, 3.8) is 0 Å². The number of para-hydroxylation sites is 2. The first-order chi connectivity index (χ1) is 11.6. The Morgan fingerprint density at radius 1 is 1.12 bits per heavy atom. The highest BCUT2D eigenvalue weighted by atomic mass is 79.9. The molecular formula is C18H18BrN3O2.